The third-order valence-electron chi connectivity index (χ3n) is 3.00. The minimum Gasteiger partial charge on any atom is -0.395 e. The average molecular weight is 301 g/mol. The number of halogens is 1. The number of aromatic nitrogens is 1. The van der Waals surface area contributed by atoms with E-state index < -0.39 is 0 Å². The molecule has 0 atom stereocenters. The van der Waals surface area contributed by atoms with Crippen LogP contribution in [-0.2, 0) is 6.54 Å². The second kappa shape index (κ2) is 7.80. The summed E-state index contributed by atoms with van der Waals surface area (Å²) in [5.74, 6) is 0. The van der Waals surface area contributed by atoms with Gasteiger partial charge in [0, 0.05) is 29.8 Å². The van der Waals surface area contributed by atoms with Crippen LogP contribution in [0.2, 0.25) is 0 Å². The fraction of sp³-hybridized carbons (Fsp3) is 0.615. The molecule has 0 saturated carbocycles. The molecule has 1 aromatic rings. The number of hydrogen-bond acceptors (Lipinski definition) is 3. The zero-order valence-corrected chi connectivity index (χ0v) is 12.2. The molecule has 0 spiro atoms. The van der Waals surface area contributed by atoms with Crippen LogP contribution in [0.4, 0.5) is 0 Å². The highest BCUT2D eigenvalue weighted by atomic mass is 79.9. The van der Waals surface area contributed by atoms with E-state index >= 15 is 0 Å². The molecule has 0 amide bonds. The van der Waals surface area contributed by atoms with Crippen molar-refractivity contribution in [3.05, 3.63) is 28.5 Å². The van der Waals surface area contributed by atoms with E-state index in [1.165, 1.54) is 0 Å². The van der Waals surface area contributed by atoms with Gasteiger partial charge in [-0.15, -0.1) is 0 Å². The molecule has 0 radical (unpaired) electrons. The van der Waals surface area contributed by atoms with Crippen LogP contribution in [0.1, 0.15) is 32.4 Å². The minimum atomic E-state index is 0.201. The molecule has 0 aromatic carbocycles. The molecule has 1 aromatic heterocycles. The Balaban J connectivity index is 2.68. The highest BCUT2D eigenvalue weighted by Gasteiger charge is 2.15. The number of hydrogen-bond donors (Lipinski definition) is 1. The van der Waals surface area contributed by atoms with E-state index in [2.05, 4.69) is 39.7 Å². The van der Waals surface area contributed by atoms with Crippen LogP contribution in [-0.4, -0.2) is 34.2 Å². The Morgan fingerprint density at radius 2 is 2.06 bits per heavy atom. The van der Waals surface area contributed by atoms with Gasteiger partial charge >= 0.3 is 0 Å². The van der Waals surface area contributed by atoms with Crippen molar-refractivity contribution in [1.82, 2.24) is 9.88 Å². The minimum absolute atomic E-state index is 0.201. The summed E-state index contributed by atoms with van der Waals surface area (Å²) in [6.45, 7) is 6.10. The predicted octanol–water partition coefficient (Wildman–Crippen LogP) is 2.83. The fourth-order valence-electron chi connectivity index (χ4n) is 2.03. The Morgan fingerprint density at radius 3 is 2.53 bits per heavy atom. The summed E-state index contributed by atoms with van der Waals surface area (Å²) in [7, 11) is 0. The monoisotopic (exact) mass is 300 g/mol. The third kappa shape index (κ3) is 4.74. The predicted molar refractivity (Wildman–Crippen MR) is 73.8 cm³/mol. The van der Waals surface area contributed by atoms with E-state index in [-0.39, 0.29) is 6.61 Å². The molecule has 1 N–H and O–H groups in total. The molecule has 4 heteroatoms. The van der Waals surface area contributed by atoms with Gasteiger partial charge < -0.3 is 5.11 Å². The molecule has 1 heterocycles. The molecule has 0 bridgehead atoms. The molecule has 0 fully saturated rings. The molecule has 0 unspecified atom stereocenters. The number of pyridine rings is 1. The first-order chi connectivity index (χ1) is 8.21. The lowest BCUT2D eigenvalue weighted by Gasteiger charge is -2.29. The normalized spacial score (nSPS) is 11.4. The average Bonchev–Trinajstić information content (AvgIpc) is 2.34. The van der Waals surface area contributed by atoms with Crippen molar-refractivity contribution in [3.8, 4) is 0 Å². The second-order valence-electron chi connectivity index (χ2n) is 4.13. The zero-order valence-electron chi connectivity index (χ0n) is 10.6. The van der Waals surface area contributed by atoms with Gasteiger partial charge in [-0.05, 0) is 40.9 Å². The molecule has 0 saturated heterocycles. The Labute approximate surface area is 112 Å². The highest BCUT2D eigenvalue weighted by Crippen LogP contribution is 2.13. The number of nitrogens with zero attached hydrogens (tertiary/aromatic N) is 2. The maximum Gasteiger partial charge on any atom is 0.0558 e. The van der Waals surface area contributed by atoms with Gasteiger partial charge in [0.15, 0.2) is 0 Å². The molecular formula is C13H21BrN2O. The summed E-state index contributed by atoms with van der Waals surface area (Å²) in [6, 6.07) is 4.55. The first-order valence-electron chi connectivity index (χ1n) is 6.16. The molecule has 3 nitrogen and oxygen atoms in total. The van der Waals surface area contributed by atoms with Crippen LogP contribution < -0.4 is 0 Å². The van der Waals surface area contributed by atoms with E-state index in [0.717, 1.165) is 29.6 Å². The highest BCUT2D eigenvalue weighted by molar-refractivity contribution is 9.10. The molecular weight excluding hydrogens is 280 g/mol. The second-order valence-corrected chi connectivity index (χ2v) is 5.05. The molecule has 0 aliphatic heterocycles. The van der Waals surface area contributed by atoms with E-state index in [0.29, 0.717) is 12.6 Å². The van der Waals surface area contributed by atoms with E-state index in [4.69, 9.17) is 5.11 Å². The van der Waals surface area contributed by atoms with Crippen LogP contribution in [0.15, 0.2) is 22.8 Å². The van der Waals surface area contributed by atoms with Crippen LogP contribution in [0.5, 0.6) is 0 Å². The Hall–Kier alpha value is -0.450. The van der Waals surface area contributed by atoms with Gasteiger partial charge in [0.1, 0.15) is 0 Å². The topological polar surface area (TPSA) is 36.4 Å². The van der Waals surface area contributed by atoms with Gasteiger partial charge in [-0.1, -0.05) is 13.8 Å². The van der Waals surface area contributed by atoms with Gasteiger partial charge in [0.25, 0.3) is 0 Å². The maximum absolute atomic E-state index is 9.13. The number of aliphatic hydroxyl groups excluding tert-OH is 1. The summed E-state index contributed by atoms with van der Waals surface area (Å²) in [5.41, 5.74) is 1.05. The summed E-state index contributed by atoms with van der Waals surface area (Å²) in [4.78, 5) is 6.68. The summed E-state index contributed by atoms with van der Waals surface area (Å²) < 4.78 is 0.998. The molecule has 0 aliphatic rings. The third-order valence-corrected chi connectivity index (χ3v) is 3.47. The Bertz CT molecular complexity index is 312. The molecule has 17 heavy (non-hydrogen) atoms. The van der Waals surface area contributed by atoms with Gasteiger partial charge in [-0.3, -0.25) is 9.88 Å². The van der Waals surface area contributed by atoms with Gasteiger partial charge in [-0.2, -0.15) is 0 Å². The first kappa shape index (κ1) is 14.6. The van der Waals surface area contributed by atoms with Crippen LogP contribution in [0.25, 0.3) is 0 Å². The fourth-order valence-corrected chi connectivity index (χ4v) is 2.27. The quantitative estimate of drug-likeness (QED) is 0.841. The van der Waals surface area contributed by atoms with Crippen molar-refractivity contribution < 1.29 is 5.11 Å². The van der Waals surface area contributed by atoms with Crippen LogP contribution in [0.3, 0.4) is 0 Å². The maximum atomic E-state index is 9.13. The first-order valence-corrected chi connectivity index (χ1v) is 6.95. The lowest BCUT2D eigenvalue weighted by molar-refractivity contribution is 0.135. The largest absolute Gasteiger partial charge is 0.395 e. The van der Waals surface area contributed by atoms with Crippen LogP contribution >= 0.6 is 15.9 Å². The molecule has 0 aliphatic carbocycles. The standard InChI is InChI=1S/C13H21BrN2O/c1-3-13(4-2)16(7-8-17)10-12-6-5-11(14)9-15-12/h5-6,9,13,17H,3-4,7-8,10H2,1-2H3. The van der Waals surface area contributed by atoms with Gasteiger partial charge in [0.2, 0.25) is 0 Å². The van der Waals surface area contributed by atoms with E-state index in [9.17, 15) is 0 Å². The lowest BCUT2D eigenvalue weighted by atomic mass is 10.1. The molecule has 96 valence electrons. The smallest absolute Gasteiger partial charge is 0.0558 e. The Morgan fingerprint density at radius 1 is 1.35 bits per heavy atom. The zero-order chi connectivity index (χ0) is 12.7. The SMILES string of the molecule is CCC(CC)N(CCO)Cc1ccc(Br)cn1. The van der Waals surface area contributed by atoms with Gasteiger partial charge in [0.05, 0.1) is 12.3 Å². The summed E-state index contributed by atoms with van der Waals surface area (Å²) >= 11 is 3.38. The number of rotatable bonds is 7. The summed E-state index contributed by atoms with van der Waals surface area (Å²) in [5, 5.41) is 9.13. The number of aliphatic hydroxyl groups is 1. The van der Waals surface area contributed by atoms with Crippen molar-refractivity contribution in [3.63, 3.8) is 0 Å². The summed E-state index contributed by atoms with van der Waals surface area (Å²) in [6.07, 6.45) is 4.03. The molecule has 1 rings (SSSR count). The van der Waals surface area contributed by atoms with Crippen molar-refractivity contribution in [1.29, 1.82) is 0 Å². The van der Waals surface area contributed by atoms with Crippen molar-refractivity contribution in [2.45, 2.75) is 39.3 Å². The van der Waals surface area contributed by atoms with E-state index in [1.54, 1.807) is 0 Å². The van der Waals surface area contributed by atoms with Gasteiger partial charge in [-0.25, -0.2) is 0 Å². The lowest BCUT2D eigenvalue weighted by Crippen LogP contribution is -2.36. The van der Waals surface area contributed by atoms with E-state index in [1.807, 2.05) is 18.3 Å². The van der Waals surface area contributed by atoms with Crippen molar-refractivity contribution in [2.24, 2.45) is 0 Å². The van der Waals surface area contributed by atoms with Crippen molar-refractivity contribution >= 4 is 15.9 Å². The van der Waals surface area contributed by atoms with Crippen LogP contribution in [0, 0.1) is 0 Å². The Kier molecular flexibility index (Phi) is 6.70. The van der Waals surface area contributed by atoms with Crippen molar-refractivity contribution in [2.75, 3.05) is 13.2 Å².